The van der Waals surface area contributed by atoms with Crippen LogP contribution < -0.4 is 0 Å². The van der Waals surface area contributed by atoms with Gasteiger partial charge < -0.3 is 4.74 Å². The van der Waals surface area contributed by atoms with E-state index < -0.39 is 11.8 Å². The fourth-order valence-electron chi connectivity index (χ4n) is 3.53. The number of carbonyl (C=O) groups excluding carboxylic acids is 2. The Balaban J connectivity index is 2.28. The summed E-state index contributed by atoms with van der Waals surface area (Å²) in [6.07, 6.45) is 4.20. The lowest BCUT2D eigenvalue weighted by atomic mass is 9.81. The number of hydrogen-bond donors (Lipinski definition) is 0. The number of hydrogen-bond acceptors (Lipinski definition) is 3. The summed E-state index contributed by atoms with van der Waals surface area (Å²) in [5.41, 5.74) is 3.56. The van der Waals surface area contributed by atoms with Crippen molar-refractivity contribution in [3.8, 4) is 0 Å². The van der Waals surface area contributed by atoms with Crippen molar-refractivity contribution in [3.63, 3.8) is 0 Å². The highest BCUT2D eigenvalue weighted by Crippen LogP contribution is 2.34. The second-order valence-electron chi connectivity index (χ2n) is 7.55. The molecule has 2 atom stereocenters. The van der Waals surface area contributed by atoms with Gasteiger partial charge in [-0.15, -0.1) is 0 Å². The second-order valence-corrected chi connectivity index (χ2v) is 7.55. The summed E-state index contributed by atoms with van der Waals surface area (Å²) >= 11 is 0. The maximum Gasteiger partial charge on any atom is 0.380 e. The maximum absolute atomic E-state index is 13.0. The van der Waals surface area contributed by atoms with Crippen molar-refractivity contribution < 1.29 is 14.3 Å². The zero-order chi connectivity index (χ0) is 20.5. The summed E-state index contributed by atoms with van der Waals surface area (Å²) in [6, 6.07) is 15.2. The van der Waals surface area contributed by atoms with Gasteiger partial charge in [-0.05, 0) is 41.4 Å². The maximum atomic E-state index is 13.0. The number of esters is 1. The van der Waals surface area contributed by atoms with Gasteiger partial charge in [0.15, 0.2) is 0 Å². The number of unbranched alkanes of at least 4 members (excludes halogenated alkanes) is 1. The number of Topliss-reactive ketones (excluding diaryl/α,β-unsaturated/α-hetero) is 1. The predicted molar refractivity (Wildman–Crippen MR) is 114 cm³/mol. The summed E-state index contributed by atoms with van der Waals surface area (Å²) in [5.74, 6) is -0.758. The molecule has 0 saturated carbocycles. The molecule has 2 unspecified atom stereocenters. The van der Waals surface area contributed by atoms with E-state index in [9.17, 15) is 9.59 Å². The molecule has 2 aromatic carbocycles. The van der Waals surface area contributed by atoms with Crippen molar-refractivity contribution in [2.75, 3.05) is 0 Å². The van der Waals surface area contributed by atoms with Gasteiger partial charge in [0.05, 0.1) is 0 Å². The third kappa shape index (κ3) is 5.54. The minimum Gasteiger partial charge on any atom is -0.455 e. The molecule has 0 amide bonds. The average molecular weight is 381 g/mol. The fourth-order valence-corrected chi connectivity index (χ4v) is 3.53. The summed E-state index contributed by atoms with van der Waals surface area (Å²) in [6.45, 7) is 8.75. The van der Waals surface area contributed by atoms with Crippen molar-refractivity contribution in [2.45, 2.75) is 71.8 Å². The van der Waals surface area contributed by atoms with Gasteiger partial charge in [0.1, 0.15) is 6.61 Å². The van der Waals surface area contributed by atoms with Crippen LogP contribution in [0.3, 0.4) is 0 Å². The number of ketones is 1. The molecule has 0 heterocycles. The first-order valence-corrected chi connectivity index (χ1v) is 10.4. The zero-order valence-corrected chi connectivity index (χ0v) is 17.5. The van der Waals surface area contributed by atoms with Gasteiger partial charge in [0.25, 0.3) is 5.78 Å². The van der Waals surface area contributed by atoms with E-state index in [0.29, 0.717) is 11.5 Å². The zero-order valence-electron chi connectivity index (χ0n) is 17.5. The molecule has 0 N–H and O–H groups in total. The van der Waals surface area contributed by atoms with E-state index >= 15 is 0 Å². The Hall–Kier alpha value is -2.42. The summed E-state index contributed by atoms with van der Waals surface area (Å²) < 4.78 is 5.30. The molecule has 3 heteroatoms. The lowest BCUT2D eigenvalue weighted by molar-refractivity contribution is -0.139. The summed E-state index contributed by atoms with van der Waals surface area (Å²) in [4.78, 5) is 25.4. The van der Waals surface area contributed by atoms with Crippen molar-refractivity contribution in [2.24, 2.45) is 0 Å². The monoisotopic (exact) mass is 380 g/mol. The largest absolute Gasteiger partial charge is 0.455 e. The number of ether oxygens (including phenoxy) is 1. The Labute approximate surface area is 169 Å². The SMILES string of the molecule is CCCCC(C)c1c(C(=O)C(=O)OCc2ccccc2)cccc1C(C)CC. The first-order valence-electron chi connectivity index (χ1n) is 10.4. The van der Waals surface area contributed by atoms with Crippen molar-refractivity contribution >= 4 is 11.8 Å². The van der Waals surface area contributed by atoms with Crippen LogP contribution in [-0.4, -0.2) is 11.8 Å². The topological polar surface area (TPSA) is 43.4 Å². The third-order valence-electron chi connectivity index (χ3n) is 5.41. The molecule has 0 aromatic heterocycles. The Kier molecular flexibility index (Phi) is 8.43. The molecule has 0 aliphatic rings. The van der Waals surface area contributed by atoms with E-state index in [4.69, 9.17) is 4.74 Å². The van der Waals surface area contributed by atoms with Crippen LogP contribution in [0.25, 0.3) is 0 Å². The van der Waals surface area contributed by atoms with E-state index in [0.717, 1.165) is 36.8 Å². The second kappa shape index (κ2) is 10.8. The van der Waals surface area contributed by atoms with E-state index in [1.54, 1.807) is 6.07 Å². The summed E-state index contributed by atoms with van der Waals surface area (Å²) in [7, 11) is 0. The van der Waals surface area contributed by atoms with Crippen molar-refractivity contribution in [1.82, 2.24) is 0 Å². The van der Waals surface area contributed by atoms with E-state index in [1.165, 1.54) is 5.56 Å². The van der Waals surface area contributed by atoms with Crippen molar-refractivity contribution in [1.29, 1.82) is 0 Å². The Bertz CT molecular complexity index is 780. The highest BCUT2D eigenvalue weighted by atomic mass is 16.5. The Morgan fingerprint density at radius 1 is 0.929 bits per heavy atom. The van der Waals surface area contributed by atoms with Gasteiger partial charge in [-0.3, -0.25) is 4.79 Å². The smallest absolute Gasteiger partial charge is 0.380 e. The number of carbonyl (C=O) groups is 2. The molecule has 2 aromatic rings. The normalized spacial score (nSPS) is 13.0. The van der Waals surface area contributed by atoms with Gasteiger partial charge in [-0.1, -0.05) is 89.1 Å². The first-order chi connectivity index (χ1) is 13.5. The molecular formula is C25H32O3. The van der Waals surface area contributed by atoms with Crippen LogP contribution in [0.1, 0.15) is 92.3 Å². The van der Waals surface area contributed by atoms with Crippen LogP contribution in [0, 0.1) is 0 Å². The molecule has 3 nitrogen and oxygen atoms in total. The number of benzene rings is 2. The summed E-state index contributed by atoms with van der Waals surface area (Å²) in [5, 5.41) is 0. The molecule has 0 bridgehead atoms. The number of rotatable bonds is 10. The van der Waals surface area contributed by atoms with E-state index in [-0.39, 0.29) is 12.5 Å². The van der Waals surface area contributed by atoms with E-state index in [1.807, 2.05) is 36.4 Å². The van der Waals surface area contributed by atoms with Crippen molar-refractivity contribution in [3.05, 3.63) is 70.8 Å². The molecule has 2 rings (SSSR count). The molecule has 28 heavy (non-hydrogen) atoms. The van der Waals surface area contributed by atoms with Gasteiger partial charge in [0, 0.05) is 5.56 Å². The molecule has 0 saturated heterocycles. The molecular weight excluding hydrogens is 348 g/mol. The van der Waals surface area contributed by atoms with Gasteiger partial charge in [-0.2, -0.15) is 0 Å². The quantitative estimate of drug-likeness (QED) is 0.271. The van der Waals surface area contributed by atoms with E-state index in [2.05, 4.69) is 33.8 Å². The predicted octanol–water partition coefficient (Wildman–Crippen LogP) is 6.42. The van der Waals surface area contributed by atoms with Crippen LogP contribution in [0.5, 0.6) is 0 Å². The highest BCUT2D eigenvalue weighted by molar-refractivity contribution is 6.41. The average Bonchev–Trinajstić information content (AvgIpc) is 2.74. The molecule has 0 spiro atoms. The molecule has 150 valence electrons. The highest BCUT2D eigenvalue weighted by Gasteiger charge is 2.26. The first kappa shape index (κ1) is 21.9. The molecule has 0 radical (unpaired) electrons. The molecule has 0 aliphatic heterocycles. The Morgan fingerprint density at radius 3 is 2.29 bits per heavy atom. The van der Waals surface area contributed by atoms with Gasteiger partial charge >= 0.3 is 5.97 Å². The van der Waals surface area contributed by atoms with Crippen LogP contribution in [0.2, 0.25) is 0 Å². The third-order valence-corrected chi connectivity index (χ3v) is 5.41. The van der Waals surface area contributed by atoms with Crippen LogP contribution in [0.4, 0.5) is 0 Å². The standard InChI is InChI=1S/C25H32O3/c1-5-7-12-19(4)23-21(18(3)6-2)15-11-16-22(23)24(26)25(27)28-17-20-13-9-8-10-14-20/h8-11,13-16,18-19H,5-7,12,17H2,1-4H3. The van der Waals surface area contributed by atoms with Crippen LogP contribution in [0.15, 0.2) is 48.5 Å². The van der Waals surface area contributed by atoms with Gasteiger partial charge in [0.2, 0.25) is 0 Å². The fraction of sp³-hybridized carbons (Fsp3) is 0.440. The minimum atomic E-state index is -0.783. The van der Waals surface area contributed by atoms with Crippen LogP contribution in [-0.2, 0) is 16.1 Å². The lowest BCUT2D eigenvalue weighted by Gasteiger charge is -2.23. The molecule has 0 fully saturated rings. The Morgan fingerprint density at radius 2 is 1.64 bits per heavy atom. The van der Waals surface area contributed by atoms with Gasteiger partial charge in [-0.25, -0.2) is 4.79 Å². The molecule has 0 aliphatic carbocycles. The minimum absolute atomic E-state index is 0.108. The van der Waals surface area contributed by atoms with Crippen LogP contribution >= 0.6 is 0 Å². The lowest BCUT2D eigenvalue weighted by Crippen LogP contribution is -2.21.